The van der Waals surface area contributed by atoms with Crippen LogP contribution in [0.5, 0.6) is 0 Å². The Hall–Kier alpha value is 0.350. The molecule has 0 radical (unpaired) electrons. The maximum absolute atomic E-state index is 10.3. The number of hydrogen-bond donors (Lipinski definition) is 1. The van der Waals surface area contributed by atoms with Crippen LogP contribution >= 0.6 is 23.5 Å². The van der Waals surface area contributed by atoms with E-state index in [4.69, 9.17) is 4.55 Å². The van der Waals surface area contributed by atoms with Crippen molar-refractivity contribution in [2.24, 2.45) is 0 Å². The zero-order valence-corrected chi connectivity index (χ0v) is 6.67. The predicted molar refractivity (Wildman–Crippen MR) is 39.7 cm³/mol. The van der Waals surface area contributed by atoms with Crippen LogP contribution in [0.3, 0.4) is 0 Å². The number of thioether (sulfide) groups is 2. The van der Waals surface area contributed by atoms with E-state index in [1.165, 1.54) is 0 Å². The Morgan fingerprint density at radius 1 is 1.33 bits per heavy atom. The molecule has 0 saturated carbocycles. The van der Waals surface area contributed by atoms with E-state index in [9.17, 15) is 8.42 Å². The van der Waals surface area contributed by atoms with E-state index in [1.54, 1.807) is 10.8 Å². The molecule has 0 aromatic carbocycles. The molecule has 3 nitrogen and oxygen atoms in total. The SMILES string of the molecule is O=S(=O)(O)C1SC=CS1. The molecule has 9 heavy (non-hydrogen) atoms. The Morgan fingerprint density at radius 3 is 2.00 bits per heavy atom. The Kier molecular flexibility index (Phi) is 2.10. The third-order valence-electron chi connectivity index (χ3n) is 0.678. The molecule has 52 valence electrons. The van der Waals surface area contributed by atoms with Crippen molar-refractivity contribution in [2.45, 2.75) is 3.91 Å². The van der Waals surface area contributed by atoms with E-state index in [0.29, 0.717) is 0 Å². The molecule has 0 atom stereocenters. The van der Waals surface area contributed by atoms with E-state index in [2.05, 4.69) is 0 Å². The average Bonchev–Trinajstić information content (AvgIpc) is 2.08. The van der Waals surface area contributed by atoms with Gasteiger partial charge in [0.2, 0.25) is 0 Å². The molecular weight excluding hydrogens is 180 g/mol. The first-order valence-corrected chi connectivity index (χ1v) is 5.42. The molecule has 0 bridgehead atoms. The topological polar surface area (TPSA) is 54.4 Å². The Morgan fingerprint density at radius 2 is 1.78 bits per heavy atom. The number of hydrogen-bond acceptors (Lipinski definition) is 4. The lowest BCUT2D eigenvalue weighted by molar-refractivity contribution is 0.487. The summed E-state index contributed by atoms with van der Waals surface area (Å²) < 4.78 is 28.3. The molecular formula is C3H4O3S3. The van der Waals surface area contributed by atoms with Crippen LogP contribution in [0.2, 0.25) is 0 Å². The van der Waals surface area contributed by atoms with E-state index < -0.39 is 14.0 Å². The molecule has 1 heterocycles. The highest BCUT2D eigenvalue weighted by Crippen LogP contribution is 2.36. The van der Waals surface area contributed by atoms with Gasteiger partial charge >= 0.3 is 0 Å². The summed E-state index contributed by atoms with van der Waals surface area (Å²) in [4.78, 5) is 0. The molecule has 1 aliphatic heterocycles. The van der Waals surface area contributed by atoms with Crippen LogP contribution in [0.25, 0.3) is 0 Å². The molecule has 0 aromatic heterocycles. The maximum Gasteiger partial charge on any atom is 0.287 e. The molecule has 0 saturated heterocycles. The molecule has 1 rings (SSSR count). The van der Waals surface area contributed by atoms with Crippen molar-refractivity contribution in [3.63, 3.8) is 0 Å². The minimum Gasteiger partial charge on any atom is -0.284 e. The fourth-order valence-corrected chi connectivity index (χ4v) is 3.28. The van der Waals surface area contributed by atoms with Gasteiger partial charge in [0.15, 0.2) is 3.91 Å². The molecule has 0 amide bonds. The summed E-state index contributed by atoms with van der Waals surface area (Å²) in [5.74, 6) is 0. The molecule has 0 spiro atoms. The van der Waals surface area contributed by atoms with Crippen LogP contribution < -0.4 is 0 Å². The van der Waals surface area contributed by atoms with Gasteiger partial charge in [-0.05, 0) is 10.8 Å². The van der Waals surface area contributed by atoms with Gasteiger partial charge in [-0.2, -0.15) is 8.42 Å². The van der Waals surface area contributed by atoms with Crippen LogP contribution in [-0.4, -0.2) is 16.9 Å². The highest BCUT2D eigenvalue weighted by Gasteiger charge is 2.24. The van der Waals surface area contributed by atoms with Crippen molar-refractivity contribution < 1.29 is 13.0 Å². The largest absolute Gasteiger partial charge is 0.287 e. The second-order valence-electron chi connectivity index (χ2n) is 1.35. The van der Waals surface area contributed by atoms with Crippen molar-refractivity contribution >= 4 is 33.6 Å². The first-order chi connectivity index (χ1) is 4.11. The molecule has 0 unspecified atom stereocenters. The lowest BCUT2D eigenvalue weighted by atomic mass is 11.3. The van der Waals surface area contributed by atoms with Gasteiger partial charge in [0, 0.05) is 0 Å². The van der Waals surface area contributed by atoms with Gasteiger partial charge < -0.3 is 0 Å². The van der Waals surface area contributed by atoms with Crippen LogP contribution in [0.15, 0.2) is 10.8 Å². The first kappa shape index (κ1) is 7.46. The molecule has 1 aliphatic rings. The second-order valence-corrected chi connectivity index (χ2v) is 5.78. The quantitative estimate of drug-likeness (QED) is 0.619. The van der Waals surface area contributed by atoms with Gasteiger partial charge in [-0.3, -0.25) is 4.55 Å². The monoisotopic (exact) mass is 184 g/mol. The maximum atomic E-state index is 10.3. The Labute approximate surface area is 61.6 Å². The summed E-state index contributed by atoms with van der Waals surface area (Å²) in [7, 11) is -3.84. The minimum atomic E-state index is -3.84. The van der Waals surface area contributed by atoms with Crippen LogP contribution in [-0.2, 0) is 10.1 Å². The smallest absolute Gasteiger partial charge is 0.284 e. The van der Waals surface area contributed by atoms with Crippen molar-refractivity contribution in [2.75, 3.05) is 0 Å². The first-order valence-electron chi connectivity index (χ1n) is 2.03. The molecule has 1 N–H and O–H groups in total. The summed E-state index contributed by atoms with van der Waals surface area (Å²) in [6.45, 7) is 0. The van der Waals surface area contributed by atoms with Gasteiger partial charge in [0.1, 0.15) is 0 Å². The van der Waals surface area contributed by atoms with Crippen molar-refractivity contribution in [1.29, 1.82) is 0 Å². The second kappa shape index (κ2) is 2.53. The summed E-state index contributed by atoms with van der Waals surface area (Å²) in [6.07, 6.45) is 0. The van der Waals surface area contributed by atoms with E-state index in [1.807, 2.05) is 0 Å². The minimum absolute atomic E-state index is 0.738. The standard InChI is InChI=1S/C3H4O3S3/c4-9(5,6)3-7-1-2-8-3/h1-3H,(H,4,5,6). The fraction of sp³-hybridized carbons (Fsp3) is 0.333. The average molecular weight is 184 g/mol. The van der Waals surface area contributed by atoms with Crippen LogP contribution in [0.4, 0.5) is 0 Å². The summed E-state index contributed by atoms with van der Waals surface area (Å²) in [5, 5.41) is 3.28. The molecule has 6 heteroatoms. The Bertz CT molecular complexity index is 208. The van der Waals surface area contributed by atoms with E-state index >= 15 is 0 Å². The molecule has 0 aromatic rings. The van der Waals surface area contributed by atoms with Crippen molar-refractivity contribution in [3.05, 3.63) is 10.8 Å². The van der Waals surface area contributed by atoms with Crippen LogP contribution in [0.1, 0.15) is 0 Å². The highest BCUT2D eigenvalue weighted by molar-refractivity contribution is 8.32. The van der Waals surface area contributed by atoms with E-state index in [0.717, 1.165) is 23.5 Å². The zero-order chi connectivity index (χ0) is 6.91. The predicted octanol–water partition coefficient (Wildman–Crippen LogP) is 1.11. The van der Waals surface area contributed by atoms with Crippen molar-refractivity contribution in [3.8, 4) is 0 Å². The van der Waals surface area contributed by atoms with Gasteiger partial charge in [-0.1, -0.05) is 0 Å². The van der Waals surface area contributed by atoms with Crippen LogP contribution in [0, 0.1) is 0 Å². The normalized spacial score (nSPS) is 21.0. The third-order valence-corrected chi connectivity index (χ3v) is 5.16. The van der Waals surface area contributed by atoms with Gasteiger partial charge in [0.25, 0.3) is 10.1 Å². The van der Waals surface area contributed by atoms with Gasteiger partial charge in [0.05, 0.1) is 0 Å². The van der Waals surface area contributed by atoms with Gasteiger partial charge in [-0.25, -0.2) is 0 Å². The zero-order valence-electron chi connectivity index (χ0n) is 4.22. The van der Waals surface area contributed by atoms with Gasteiger partial charge in [-0.15, -0.1) is 23.5 Å². The third kappa shape index (κ3) is 1.89. The number of rotatable bonds is 1. The molecule has 0 aliphatic carbocycles. The summed E-state index contributed by atoms with van der Waals surface area (Å²) in [6, 6.07) is 0. The lowest BCUT2D eigenvalue weighted by Crippen LogP contribution is -2.08. The lowest BCUT2D eigenvalue weighted by Gasteiger charge is -2.00. The highest BCUT2D eigenvalue weighted by atomic mass is 32.3. The molecule has 0 fully saturated rings. The summed E-state index contributed by atoms with van der Waals surface area (Å²) in [5.41, 5.74) is 0. The fourth-order valence-electron chi connectivity index (χ4n) is 0.365. The Balaban J connectivity index is 2.68. The van der Waals surface area contributed by atoms with E-state index in [-0.39, 0.29) is 0 Å². The summed E-state index contributed by atoms with van der Waals surface area (Å²) >= 11 is 2.19. The van der Waals surface area contributed by atoms with Crippen molar-refractivity contribution in [1.82, 2.24) is 0 Å².